The summed E-state index contributed by atoms with van der Waals surface area (Å²) >= 11 is 0. The van der Waals surface area contributed by atoms with Crippen molar-refractivity contribution in [1.29, 1.82) is 0 Å². The predicted octanol–water partition coefficient (Wildman–Crippen LogP) is 3.00. The third-order valence-electron chi connectivity index (χ3n) is 3.33. The lowest BCUT2D eigenvalue weighted by atomic mass is 10.1. The Hall–Kier alpha value is -2.36. The SMILES string of the molecule is Cc1cccc(CCNc2cc(C)cc3ncnn23)c1. The average molecular weight is 266 g/mol. The van der Waals surface area contributed by atoms with Crippen molar-refractivity contribution >= 4 is 11.5 Å². The van der Waals surface area contributed by atoms with Crippen molar-refractivity contribution in [2.75, 3.05) is 11.9 Å². The van der Waals surface area contributed by atoms with Crippen LogP contribution in [0.1, 0.15) is 16.7 Å². The van der Waals surface area contributed by atoms with Gasteiger partial charge in [0.05, 0.1) is 0 Å². The van der Waals surface area contributed by atoms with Crippen LogP contribution in [0.5, 0.6) is 0 Å². The fraction of sp³-hybridized carbons (Fsp3) is 0.250. The summed E-state index contributed by atoms with van der Waals surface area (Å²) in [5.41, 5.74) is 4.71. The van der Waals surface area contributed by atoms with E-state index in [1.165, 1.54) is 16.7 Å². The second-order valence-electron chi connectivity index (χ2n) is 5.11. The van der Waals surface area contributed by atoms with Gasteiger partial charge in [0.15, 0.2) is 5.65 Å². The summed E-state index contributed by atoms with van der Waals surface area (Å²) < 4.78 is 1.84. The van der Waals surface area contributed by atoms with Crippen molar-refractivity contribution in [1.82, 2.24) is 14.6 Å². The average Bonchev–Trinajstić information content (AvgIpc) is 2.87. The Morgan fingerprint density at radius 1 is 1.10 bits per heavy atom. The quantitative estimate of drug-likeness (QED) is 0.789. The molecule has 2 aromatic heterocycles. The first-order valence-corrected chi connectivity index (χ1v) is 6.82. The van der Waals surface area contributed by atoms with E-state index < -0.39 is 0 Å². The van der Waals surface area contributed by atoms with Crippen LogP contribution in [0.2, 0.25) is 0 Å². The summed E-state index contributed by atoms with van der Waals surface area (Å²) in [4.78, 5) is 4.23. The van der Waals surface area contributed by atoms with Crippen LogP contribution in [0.25, 0.3) is 5.65 Å². The zero-order valence-corrected chi connectivity index (χ0v) is 11.8. The minimum atomic E-state index is 0.877. The van der Waals surface area contributed by atoms with Crippen molar-refractivity contribution in [3.63, 3.8) is 0 Å². The number of nitrogens with zero attached hydrogens (tertiary/aromatic N) is 3. The first-order chi connectivity index (χ1) is 9.72. The van der Waals surface area contributed by atoms with E-state index in [2.05, 4.69) is 59.6 Å². The highest BCUT2D eigenvalue weighted by atomic mass is 15.3. The number of aryl methyl sites for hydroxylation is 2. The van der Waals surface area contributed by atoms with Crippen molar-refractivity contribution in [2.45, 2.75) is 20.3 Å². The van der Waals surface area contributed by atoms with Crippen molar-refractivity contribution < 1.29 is 0 Å². The van der Waals surface area contributed by atoms with Gasteiger partial charge in [0.2, 0.25) is 0 Å². The van der Waals surface area contributed by atoms with Crippen LogP contribution in [0.3, 0.4) is 0 Å². The van der Waals surface area contributed by atoms with Crippen LogP contribution in [-0.2, 0) is 6.42 Å². The van der Waals surface area contributed by atoms with Gasteiger partial charge in [0.25, 0.3) is 0 Å². The molecule has 0 amide bonds. The zero-order chi connectivity index (χ0) is 13.9. The van der Waals surface area contributed by atoms with E-state index in [0.29, 0.717) is 0 Å². The maximum absolute atomic E-state index is 4.24. The molecule has 0 aliphatic carbocycles. The van der Waals surface area contributed by atoms with E-state index in [9.17, 15) is 0 Å². The molecule has 0 aliphatic heterocycles. The molecule has 3 aromatic rings. The molecule has 4 nitrogen and oxygen atoms in total. The maximum Gasteiger partial charge on any atom is 0.157 e. The molecule has 20 heavy (non-hydrogen) atoms. The topological polar surface area (TPSA) is 42.2 Å². The van der Waals surface area contributed by atoms with E-state index in [1.807, 2.05) is 10.6 Å². The Labute approximate surface area is 118 Å². The van der Waals surface area contributed by atoms with Crippen molar-refractivity contribution in [2.24, 2.45) is 0 Å². The molecule has 0 aliphatic rings. The molecular formula is C16H18N4. The van der Waals surface area contributed by atoms with Gasteiger partial charge in [0.1, 0.15) is 12.1 Å². The molecule has 0 radical (unpaired) electrons. The van der Waals surface area contributed by atoms with Gasteiger partial charge in [0, 0.05) is 6.54 Å². The lowest BCUT2D eigenvalue weighted by molar-refractivity contribution is 0.925. The Balaban J connectivity index is 1.72. The lowest BCUT2D eigenvalue weighted by Crippen LogP contribution is -2.09. The third kappa shape index (κ3) is 2.64. The smallest absolute Gasteiger partial charge is 0.157 e. The molecule has 1 aromatic carbocycles. The van der Waals surface area contributed by atoms with Crippen LogP contribution in [0.15, 0.2) is 42.7 Å². The van der Waals surface area contributed by atoms with Crippen LogP contribution in [-0.4, -0.2) is 21.1 Å². The molecule has 0 bridgehead atoms. The first kappa shape index (κ1) is 12.7. The van der Waals surface area contributed by atoms with Gasteiger partial charge in [-0.2, -0.15) is 9.61 Å². The van der Waals surface area contributed by atoms with E-state index >= 15 is 0 Å². The summed E-state index contributed by atoms with van der Waals surface area (Å²) in [6, 6.07) is 12.7. The third-order valence-corrected chi connectivity index (χ3v) is 3.33. The van der Waals surface area contributed by atoms with Crippen LogP contribution < -0.4 is 5.32 Å². The first-order valence-electron chi connectivity index (χ1n) is 6.82. The molecule has 4 heteroatoms. The van der Waals surface area contributed by atoms with Gasteiger partial charge in [-0.15, -0.1) is 0 Å². The number of hydrogen-bond donors (Lipinski definition) is 1. The number of hydrogen-bond acceptors (Lipinski definition) is 3. The van der Waals surface area contributed by atoms with E-state index in [-0.39, 0.29) is 0 Å². The van der Waals surface area contributed by atoms with Crippen LogP contribution in [0, 0.1) is 13.8 Å². The van der Waals surface area contributed by atoms with Gasteiger partial charge in [-0.05, 0) is 43.5 Å². The standard InChI is InChI=1S/C16H18N4/c1-12-4-3-5-14(8-12)6-7-17-15-9-13(2)10-16-18-11-19-20(15)16/h3-5,8-11,17H,6-7H2,1-2H3. The molecule has 2 heterocycles. The lowest BCUT2D eigenvalue weighted by Gasteiger charge is -2.09. The van der Waals surface area contributed by atoms with Gasteiger partial charge < -0.3 is 5.32 Å². The number of fused-ring (bicyclic) bond motifs is 1. The van der Waals surface area contributed by atoms with E-state index in [4.69, 9.17) is 0 Å². The maximum atomic E-state index is 4.24. The van der Waals surface area contributed by atoms with Gasteiger partial charge in [-0.1, -0.05) is 29.8 Å². The normalized spacial score (nSPS) is 10.9. The number of aromatic nitrogens is 3. The molecule has 0 saturated carbocycles. The molecule has 0 fully saturated rings. The fourth-order valence-electron chi connectivity index (χ4n) is 2.39. The molecule has 1 N–H and O–H groups in total. The molecule has 0 spiro atoms. The highest BCUT2D eigenvalue weighted by molar-refractivity contribution is 5.51. The predicted molar refractivity (Wildman–Crippen MR) is 81.1 cm³/mol. The number of rotatable bonds is 4. The Kier molecular flexibility index (Phi) is 3.37. The fourth-order valence-corrected chi connectivity index (χ4v) is 2.39. The summed E-state index contributed by atoms with van der Waals surface area (Å²) in [5, 5.41) is 7.69. The molecular weight excluding hydrogens is 248 g/mol. The second-order valence-corrected chi connectivity index (χ2v) is 5.11. The Bertz CT molecular complexity index is 730. The largest absolute Gasteiger partial charge is 0.370 e. The monoisotopic (exact) mass is 266 g/mol. The minimum absolute atomic E-state index is 0.877. The Morgan fingerprint density at radius 2 is 2.00 bits per heavy atom. The number of anilines is 1. The van der Waals surface area contributed by atoms with Crippen molar-refractivity contribution in [3.8, 4) is 0 Å². The molecule has 0 saturated heterocycles. The number of benzene rings is 1. The second kappa shape index (κ2) is 5.33. The highest BCUT2D eigenvalue weighted by Gasteiger charge is 2.03. The van der Waals surface area contributed by atoms with Gasteiger partial charge >= 0.3 is 0 Å². The Morgan fingerprint density at radius 3 is 2.85 bits per heavy atom. The molecule has 0 atom stereocenters. The molecule has 102 valence electrons. The van der Waals surface area contributed by atoms with Crippen LogP contribution >= 0.6 is 0 Å². The summed E-state index contributed by atoms with van der Waals surface area (Å²) in [5.74, 6) is 0.991. The minimum Gasteiger partial charge on any atom is -0.370 e. The van der Waals surface area contributed by atoms with Gasteiger partial charge in [-0.25, -0.2) is 4.98 Å². The highest BCUT2D eigenvalue weighted by Crippen LogP contribution is 2.13. The molecule has 0 unspecified atom stereocenters. The van der Waals surface area contributed by atoms with Crippen molar-refractivity contribution in [3.05, 3.63) is 59.4 Å². The van der Waals surface area contributed by atoms with Crippen LogP contribution in [0.4, 0.5) is 5.82 Å². The summed E-state index contributed by atoms with van der Waals surface area (Å²) in [7, 11) is 0. The number of nitrogens with one attached hydrogen (secondary N) is 1. The number of pyridine rings is 1. The molecule has 3 rings (SSSR count). The van der Waals surface area contributed by atoms with E-state index in [1.54, 1.807) is 6.33 Å². The summed E-state index contributed by atoms with van der Waals surface area (Å²) in [6.45, 7) is 5.07. The van der Waals surface area contributed by atoms with Gasteiger partial charge in [-0.3, -0.25) is 0 Å². The summed E-state index contributed by atoms with van der Waals surface area (Å²) in [6.07, 6.45) is 2.58. The van der Waals surface area contributed by atoms with E-state index in [0.717, 1.165) is 24.4 Å². The zero-order valence-electron chi connectivity index (χ0n) is 11.8.